The minimum atomic E-state index is -0.377. The summed E-state index contributed by atoms with van der Waals surface area (Å²) < 4.78 is 13.5. The van der Waals surface area contributed by atoms with Gasteiger partial charge >= 0.3 is 7.12 Å². The van der Waals surface area contributed by atoms with Gasteiger partial charge in [0.2, 0.25) is 0 Å². The molecule has 2 aliphatic rings. The molecule has 3 heteroatoms. The van der Waals surface area contributed by atoms with Crippen molar-refractivity contribution in [2.75, 3.05) is 0 Å². The van der Waals surface area contributed by atoms with E-state index in [9.17, 15) is 0 Å². The summed E-state index contributed by atoms with van der Waals surface area (Å²) >= 11 is 0. The molecule has 4 atom stereocenters. The molecule has 2 fully saturated rings. The van der Waals surface area contributed by atoms with Crippen LogP contribution >= 0.6 is 0 Å². The number of fused-ring (bicyclic) bond motifs is 1. The van der Waals surface area contributed by atoms with Crippen LogP contribution in [0.3, 0.4) is 0 Å². The summed E-state index contributed by atoms with van der Waals surface area (Å²) in [5, 5.41) is 0. The van der Waals surface area contributed by atoms with Gasteiger partial charge in [-0.2, -0.15) is 0 Å². The fourth-order valence-electron chi connectivity index (χ4n) is 6.59. The van der Waals surface area contributed by atoms with E-state index in [0.29, 0.717) is 11.8 Å². The zero-order chi connectivity index (χ0) is 27.8. The van der Waals surface area contributed by atoms with Gasteiger partial charge in [0.25, 0.3) is 0 Å². The maximum absolute atomic E-state index is 6.75. The van der Waals surface area contributed by atoms with Gasteiger partial charge in [-0.3, -0.25) is 0 Å². The molecule has 1 saturated carbocycles. The van der Waals surface area contributed by atoms with Gasteiger partial charge in [0.05, 0.1) is 11.2 Å². The van der Waals surface area contributed by atoms with Gasteiger partial charge in [0.1, 0.15) is 0 Å². The number of hydrogen-bond acceptors (Lipinski definition) is 2. The van der Waals surface area contributed by atoms with Crippen LogP contribution in [0.1, 0.15) is 85.9 Å². The van der Waals surface area contributed by atoms with Crippen LogP contribution in [0.15, 0.2) is 60.7 Å². The molecule has 0 radical (unpaired) electrons. The molecule has 5 rings (SSSR count). The van der Waals surface area contributed by atoms with Crippen molar-refractivity contribution in [1.29, 1.82) is 0 Å². The highest BCUT2D eigenvalue weighted by Crippen LogP contribution is 2.60. The third-order valence-electron chi connectivity index (χ3n) is 10.0. The van der Waals surface area contributed by atoms with Crippen LogP contribution < -0.4 is 5.46 Å². The van der Waals surface area contributed by atoms with Crippen LogP contribution in [-0.2, 0) is 20.1 Å². The van der Waals surface area contributed by atoms with E-state index in [4.69, 9.17) is 9.31 Å². The Morgan fingerprint density at radius 1 is 0.632 bits per heavy atom. The highest BCUT2D eigenvalue weighted by atomic mass is 16.7. The van der Waals surface area contributed by atoms with E-state index in [1.54, 1.807) is 0 Å². The van der Waals surface area contributed by atoms with E-state index in [2.05, 4.69) is 137 Å². The van der Waals surface area contributed by atoms with Crippen LogP contribution in [0.25, 0.3) is 22.3 Å². The Kier molecular flexibility index (Phi) is 6.33. The van der Waals surface area contributed by atoms with E-state index in [1.807, 2.05) is 0 Å². The number of benzene rings is 3. The fourth-order valence-corrected chi connectivity index (χ4v) is 6.59. The summed E-state index contributed by atoms with van der Waals surface area (Å²) in [5.41, 5.74) is 9.69. The molecule has 0 N–H and O–H groups in total. The molecule has 38 heavy (non-hydrogen) atoms. The molecule has 3 aromatic rings. The lowest BCUT2D eigenvalue weighted by Gasteiger charge is -2.60. The molecule has 200 valence electrons. The average Bonchev–Trinajstić information content (AvgIpc) is 3.11. The average molecular weight is 509 g/mol. The largest absolute Gasteiger partial charge is 0.494 e. The minimum absolute atomic E-state index is 0.123. The van der Waals surface area contributed by atoms with E-state index in [0.717, 1.165) is 5.46 Å². The van der Waals surface area contributed by atoms with Crippen molar-refractivity contribution in [2.24, 2.45) is 11.8 Å². The van der Waals surface area contributed by atoms with Crippen LogP contribution in [0, 0.1) is 18.8 Å². The van der Waals surface area contributed by atoms with Gasteiger partial charge in [-0.15, -0.1) is 0 Å². The first-order chi connectivity index (χ1) is 17.6. The second kappa shape index (κ2) is 8.83. The molecule has 1 aliphatic carbocycles. The number of hydrogen-bond donors (Lipinski definition) is 0. The Hall–Kier alpha value is -2.36. The van der Waals surface area contributed by atoms with E-state index in [-0.39, 0.29) is 29.2 Å². The summed E-state index contributed by atoms with van der Waals surface area (Å²) in [4.78, 5) is 0. The maximum atomic E-state index is 6.75. The Balaban J connectivity index is 1.63. The number of rotatable bonds is 3. The first-order valence-electron chi connectivity index (χ1n) is 14.3. The smallest absolute Gasteiger partial charge is 0.399 e. The summed E-state index contributed by atoms with van der Waals surface area (Å²) in [6, 6.07) is 22.8. The van der Waals surface area contributed by atoms with Crippen molar-refractivity contribution in [1.82, 2.24) is 0 Å². The van der Waals surface area contributed by atoms with Gasteiger partial charge in [0, 0.05) is 0 Å². The summed E-state index contributed by atoms with van der Waals surface area (Å²) in [7, 11) is -0.377. The standard InChI is InChI=1S/C35H45BO2/c1-22-30(25-12-16-27(17-13-25)32(4,5)6)20-29(36-37-34(10)23(2)24(3)35(34,11)38-36)21-31(22)26-14-18-28(19-15-26)33(7,8)9/h12-21,23-24H,1-11H3. The lowest BCUT2D eigenvalue weighted by molar-refractivity contribution is -0.202. The molecule has 3 aromatic carbocycles. The monoisotopic (exact) mass is 508 g/mol. The zero-order valence-electron chi connectivity index (χ0n) is 25.3. The van der Waals surface area contributed by atoms with Crippen LogP contribution in [-0.4, -0.2) is 18.3 Å². The highest BCUT2D eigenvalue weighted by molar-refractivity contribution is 6.62. The molecule has 4 unspecified atom stereocenters. The quantitative estimate of drug-likeness (QED) is 0.331. The predicted octanol–water partition coefficient (Wildman–Crippen LogP) is 8.47. The van der Waals surface area contributed by atoms with Gasteiger partial charge in [0.15, 0.2) is 0 Å². The molecule has 1 heterocycles. The van der Waals surface area contributed by atoms with Crippen LogP contribution in [0.2, 0.25) is 0 Å². The Morgan fingerprint density at radius 2 is 0.974 bits per heavy atom. The van der Waals surface area contributed by atoms with Crippen molar-refractivity contribution < 1.29 is 9.31 Å². The van der Waals surface area contributed by atoms with Crippen molar-refractivity contribution in [2.45, 2.75) is 98.2 Å². The fraction of sp³-hybridized carbons (Fsp3) is 0.486. The lowest BCUT2D eigenvalue weighted by Crippen LogP contribution is -2.69. The topological polar surface area (TPSA) is 18.5 Å². The van der Waals surface area contributed by atoms with E-state index >= 15 is 0 Å². The van der Waals surface area contributed by atoms with E-state index in [1.165, 1.54) is 38.9 Å². The van der Waals surface area contributed by atoms with Crippen molar-refractivity contribution in [3.63, 3.8) is 0 Å². The summed E-state index contributed by atoms with van der Waals surface area (Å²) in [5.74, 6) is 0.911. The molecule has 0 aromatic heterocycles. The molecule has 1 saturated heterocycles. The summed E-state index contributed by atoms with van der Waals surface area (Å²) in [6.45, 7) is 24.9. The third kappa shape index (κ3) is 4.18. The molecular formula is C35H45BO2. The lowest BCUT2D eigenvalue weighted by atomic mass is 9.53. The van der Waals surface area contributed by atoms with Crippen molar-refractivity contribution >= 4 is 12.6 Å². The third-order valence-corrected chi connectivity index (χ3v) is 10.0. The second-order valence-corrected chi connectivity index (χ2v) is 14.3. The Morgan fingerprint density at radius 3 is 1.29 bits per heavy atom. The first kappa shape index (κ1) is 27.2. The SMILES string of the molecule is Cc1c(-c2ccc(C(C)(C)C)cc2)cc(B2OC3(C)C(C)C(C)C3(C)O2)cc1-c1ccc(C(C)(C)C)cc1. The Labute approximate surface area is 231 Å². The highest BCUT2D eigenvalue weighted by Gasteiger charge is 2.71. The normalized spacial score (nSPS) is 27.3. The molecule has 0 bridgehead atoms. The van der Waals surface area contributed by atoms with Gasteiger partial charge in [-0.1, -0.05) is 116 Å². The molecular weight excluding hydrogens is 463 g/mol. The first-order valence-corrected chi connectivity index (χ1v) is 14.3. The van der Waals surface area contributed by atoms with Gasteiger partial charge in [-0.25, -0.2) is 0 Å². The zero-order valence-corrected chi connectivity index (χ0v) is 25.3. The minimum Gasteiger partial charge on any atom is -0.399 e. The van der Waals surface area contributed by atoms with Gasteiger partial charge in [-0.05, 0) is 87.8 Å². The second-order valence-electron chi connectivity index (χ2n) is 14.3. The van der Waals surface area contributed by atoms with Crippen molar-refractivity contribution in [3.8, 4) is 22.3 Å². The predicted molar refractivity (Wildman–Crippen MR) is 162 cm³/mol. The summed E-state index contributed by atoms with van der Waals surface area (Å²) in [6.07, 6.45) is 0. The molecule has 0 spiro atoms. The van der Waals surface area contributed by atoms with Gasteiger partial charge < -0.3 is 9.31 Å². The maximum Gasteiger partial charge on any atom is 0.494 e. The Bertz CT molecular complexity index is 1240. The molecule has 2 nitrogen and oxygen atoms in total. The molecule has 0 amide bonds. The van der Waals surface area contributed by atoms with Crippen LogP contribution in [0.5, 0.6) is 0 Å². The molecule has 1 aliphatic heterocycles. The van der Waals surface area contributed by atoms with Crippen LogP contribution in [0.4, 0.5) is 0 Å². The van der Waals surface area contributed by atoms with E-state index < -0.39 is 0 Å². The van der Waals surface area contributed by atoms with Crippen molar-refractivity contribution in [3.05, 3.63) is 77.4 Å².